The molecular formula is C23H23F3N4O2. The number of carbonyl (C=O) groups is 1. The quantitative estimate of drug-likeness (QED) is 0.632. The highest BCUT2D eigenvalue weighted by Gasteiger charge is 2.33. The summed E-state index contributed by atoms with van der Waals surface area (Å²) in [7, 11) is 0. The van der Waals surface area contributed by atoms with Crippen molar-refractivity contribution >= 4 is 5.91 Å². The fraction of sp³-hybridized carbons (Fsp3) is 0.304. The summed E-state index contributed by atoms with van der Waals surface area (Å²) in [5.41, 5.74) is 1.11. The number of carbonyl (C=O) groups excluding carboxylic acids is 1. The second-order valence-electron chi connectivity index (χ2n) is 7.61. The largest absolute Gasteiger partial charge is 0.435 e. The molecule has 0 radical (unpaired) electrons. The molecule has 1 unspecified atom stereocenters. The number of ether oxygens (including phenoxy) is 1. The Morgan fingerprint density at radius 3 is 2.53 bits per heavy atom. The van der Waals surface area contributed by atoms with Gasteiger partial charge >= 0.3 is 6.18 Å². The summed E-state index contributed by atoms with van der Waals surface area (Å²) in [6.07, 6.45) is -3.37. The minimum Gasteiger partial charge on any atom is -0.374 e. The number of aromatic nitrogens is 2. The van der Waals surface area contributed by atoms with Gasteiger partial charge in [0.15, 0.2) is 5.69 Å². The van der Waals surface area contributed by atoms with Crippen LogP contribution in [0.1, 0.15) is 21.6 Å². The lowest BCUT2D eigenvalue weighted by atomic mass is 10.1. The van der Waals surface area contributed by atoms with Crippen molar-refractivity contribution in [2.75, 3.05) is 26.2 Å². The van der Waals surface area contributed by atoms with E-state index < -0.39 is 11.9 Å². The molecule has 3 aromatic rings. The maximum Gasteiger partial charge on any atom is 0.435 e. The van der Waals surface area contributed by atoms with E-state index in [9.17, 15) is 18.0 Å². The third kappa shape index (κ3) is 5.54. The van der Waals surface area contributed by atoms with E-state index in [4.69, 9.17) is 4.74 Å². The number of benzene rings is 2. The van der Waals surface area contributed by atoms with Gasteiger partial charge in [0, 0.05) is 37.9 Å². The first-order valence-corrected chi connectivity index (χ1v) is 10.3. The van der Waals surface area contributed by atoms with Gasteiger partial charge in [-0.1, -0.05) is 30.3 Å². The van der Waals surface area contributed by atoms with Crippen LogP contribution in [0, 0.1) is 0 Å². The molecule has 1 fully saturated rings. The van der Waals surface area contributed by atoms with Crippen molar-refractivity contribution < 1.29 is 22.7 Å². The van der Waals surface area contributed by atoms with E-state index in [1.807, 2.05) is 18.2 Å². The molecule has 1 aliphatic heterocycles. The van der Waals surface area contributed by atoms with Crippen molar-refractivity contribution in [2.24, 2.45) is 0 Å². The lowest BCUT2D eigenvalue weighted by molar-refractivity contribution is -0.141. The van der Waals surface area contributed by atoms with E-state index >= 15 is 0 Å². The van der Waals surface area contributed by atoms with Gasteiger partial charge in [-0.2, -0.15) is 18.3 Å². The molecule has 32 heavy (non-hydrogen) atoms. The zero-order valence-electron chi connectivity index (χ0n) is 17.3. The maximum atomic E-state index is 12.7. The third-order valence-electron chi connectivity index (χ3n) is 5.24. The van der Waals surface area contributed by atoms with E-state index in [1.54, 1.807) is 24.3 Å². The first-order chi connectivity index (χ1) is 15.4. The number of nitrogens with zero attached hydrogens (tertiary/aromatic N) is 3. The average Bonchev–Trinajstić information content (AvgIpc) is 3.30. The SMILES string of the molecule is O=C(NCC1CN(Cc2ccccc2)CCO1)c1ccc(-n2ccc(C(F)(F)F)n2)cc1. The standard InChI is InChI=1S/C23H23F3N4O2/c24-23(25,26)21-10-11-30(28-21)19-8-6-18(7-9-19)22(31)27-14-20-16-29(12-13-32-20)15-17-4-2-1-3-5-17/h1-11,20H,12-16H2,(H,27,31). The molecule has 6 nitrogen and oxygen atoms in total. The molecule has 1 saturated heterocycles. The van der Waals surface area contributed by atoms with E-state index in [0.717, 1.165) is 30.4 Å². The van der Waals surface area contributed by atoms with E-state index in [1.165, 1.54) is 11.8 Å². The highest BCUT2D eigenvalue weighted by molar-refractivity contribution is 5.94. The van der Waals surface area contributed by atoms with E-state index in [0.29, 0.717) is 24.4 Å². The van der Waals surface area contributed by atoms with Crippen LogP contribution in [0.5, 0.6) is 0 Å². The number of hydrogen-bond donors (Lipinski definition) is 1. The summed E-state index contributed by atoms with van der Waals surface area (Å²) >= 11 is 0. The summed E-state index contributed by atoms with van der Waals surface area (Å²) in [5.74, 6) is -0.267. The van der Waals surface area contributed by atoms with Gasteiger partial charge in [0.2, 0.25) is 0 Å². The van der Waals surface area contributed by atoms with Gasteiger partial charge in [-0.15, -0.1) is 0 Å². The number of morpholine rings is 1. The van der Waals surface area contributed by atoms with Gasteiger partial charge in [0.25, 0.3) is 5.91 Å². The normalized spacial score (nSPS) is 17.3. The first kappa shape index (κ1) is 22.0. The van der Waals surface area contributed by atoms with Crippen LogP contribution in [0.25, 0.3) is 5.69 Å². The summed E-state index contributed by atoms with van der Waals surface area (Å²) in [5, 5.41) is 6.41. The number of hydrogen-bond acceptors (Lipinski definition) is 4. The molecule has 1 atom stereocenters. The average molecular weight is 444 g/mol. The molecule has 1 N–H and O–H groups in total. The summed E-state index contributed by atoms with van der Waals surface area (Å²) in [6, 6.07) is 17.3. The highest BCUT2D eigenvalue weighted by Crippen LogP contribution is 2.27. The zero-order valence-corrected chi connectivity index (χ0v) is 17.3. The molecular weight excluding hydrogens is 421 g/mol. The molecule has 0 spiro atoms. The summed E-state index contributed by atoms with van der Waals surface area (Å²) < 4.78 is 45.1. The molecule has 1 aromatic heterocycles. The summed E-state index contributed by atoms with van der Waals surface area (Å²) in [6.45, 7) is 3.37. The molecule has 0 saturated carbocycles. The van der Waals surface area contributed by atoms with Crippen LogP contribution in [0.4, 0.5) is 13.2 Å². The molecule has 0 bridgehead atoms. The van der Waals surface area contributed by atoms with E-state index in [-0.39, 0.29) is 12.0 Å². The summed E-state index contributed by atoms with van der Waals surface area (Å²) in [4.78, 5) is 14.8. The topological polar surface area (TPSA) is 59.4 Å². The number of nitrogens with one attached hydrogen (secondary N) is 1. The fourth-order valence-corrected chi connectivity index (χ4v) is 3.58. The van der Waals surface area contributed by atoms with Crippen LogP contribution in [0.2, 0.25) is 0 Å². The van der Waals surface area contributed by atoms with Gasteiger partial charge in [-0.05, 0) is 35.9 Å². The molecule has 2 aromatic carbocycles. The number of rotatable bonds is 6. The fourth-order valence-electron chi connectivity index (χ4n) is 3.58. The lowest BCUT2D eigenvalue weighted by Gasteiger charge is -2.33. The van der Waals surface area contributed by atoms with Crippen molar-refractivity contribution in [3.8, 4) is 5.69 Å². The number of alkyl halides is 3. The number of amides is 1. The molecule has 168 valence electrons. The van der Waals surface area contributed by atoms with Gasteiger partial charge < -0.3 is 10.1 Å². The minimum atomic E-state index is -4.50. The van der Waals surface area contributed by atoms with Crippen molar-refractivity contribution in [1.82, 2.24) is 20.0 Å². The van der Waals surface area contributed by atoms with Crippen LogP contribution in [0.15, 0.2) is 66.9 Å². The van der Waals surface area contributed by atoms with Crippen molar-refractivity contribution in [2.45, 2.75) is 18.8 Å². The van der Waals surface area contributed by atoms with Crippen LogP contribution in [-0.4, -0.2) is 52.9 Å². The maximum absolute atomic E-state index is 12.7. The van der Waals surface area contributed by atoms with Crippen LogP contribution in [-0.2, 0) is 17.5 Å². The third-order valence-corrected chi connectivity index (χ3v) is 5.24. The Morgan fingerprint density at radius 2 is 1.84 bits per heavy atom. The molecule has 4 rings (SSSR count). The van der Waals surface area contributed by atoms with Crippen molar-refractivity contribution in [3.05, 3.63) is 83.7 Å². The predicted molar refractivity (Wildman–Crippen MR) is 112 cm³/mol. The van der Waals surface area contributed by atoms with Crippen LogP contribution >= 0.6 is 0 Å². The molecule has 2 heterocycles. The Labute approximate surface area is 183 Å². The molecule has 1 amide bonds. The molecule has 1 aliphatic rings. The Kier molecular flexibility index (Phi) is 6.57. The van der Waals surface area contributed by atoms with Crippen molar-refractivity contribution in [3.63, 3.8) is 0 Å². The van der Waals surface area contributed by atoms with E-state index in [2.05, 4.69) is 27.4 Å². The lowest BCUT2D eigenvalue weighted by Crippen LogP contribution is -2.47. The predicted octanol–water partition coefficient (Wildman–Crippen LogP) is 3.52. The smallest absolute Gasteiger partial charge is 0.374 e. The minimum absolute atomic E-state index is 0.111. The number of halogens is 3. The second-order valence-corrected chi connectivity index (χ2v) is 7.61. The monoisotopic (exact) mass is 444 g/mol. The van der Waals surface area contributed by atoms with Gasteiger partial charge in [-0.3, -0.25) is 9.69 Å². The molecule has 9 heteroatoms. The van der Waals surface area contributed by atoms with Gasteiger partial charge in [-0.25, -0.2) is 4.68 Å². The highest BCUT2D eigenvalue weighted by atomic mass is 19.4. The first-order valence-electron chi connectivity index (χ1n) is 10.3. The van der Waals surface area contributed by atoms with Crippen LogP contribution < -0.4 is 5.32 Å². The Bertz CT molecular complexity index is 1040. The molecule has 0 aliphatic carbocycles. The second kappa shape index (κ2) is 9.54. The van der Waals surface area contributed by atoms with Crippen molar-refractivity contribution in [1.29, 1.82) is 0 Å². The van der Waals surface area contributed by atoms with Gasteiger partial charge in [0.1, 0.15) is 0 Å². The zero-order chi connectivity index (χ0) is 22.6. The van der Waals surface area contributed by atoms with Crippen LogP contribution in [0.3, 0.4) is 0 Å². The Balaban J connectivity index is 1.30. The Hall–Kier alpha value is -3.17. The Morgan fingerprint density at radius 1 is 1.09 bits per heavy atom. The van der Waals surface area contributed by atoms with Gasteiger partial charge in [0.05, 0.1) is 18.4 Å².